The predicted octanol–water partition coefficient (Wildman–Crippen LogP) is 1.89. The lowest BCUT2D eigenvalue weighted by Crippen LogP contribution is -2.21. The van der Waals surface area contributed by atoms with E-state index in [-0.39, 0.29) is 0 Å². The van der Waals surface area contributed by atoms with E-state index in [1.54, 1.807) is 0 Å². The average molecular weight is 161 g/mol. The van der Waals surface area contributed by atoms with Crippen molar-refractivity contribution >= 4 is 11.6 Å². The van der Waals surface area contributed by atoms with E-state index in [1.807, 2.05) is 26.0 Å². The summed E-state index contributed by atoms with van der Waals surface area (Å²) in [5.74, 6) is 5.17. The van der Waals surface area contributed by atoms with Crippen LogP contribution in [0.4, 0.5) is 0 Å². The molecule has 0 spiro atoms. The molecule has 0 fully saturated rings. The average Bonchev–Trinajstić information content (AvgIpc) is 1.91. The van der Waals surface area contributed by atoms with Crippen LogP contribution in [0.3, 0.4) is 0 Å². The Balaban J connectivity index is 4.16. The van der Waals surface area contributed by atoms with Gasteiger partial charge >= 0.3 is 0 Å². The first kappa shape index (κ1) is 9.53. The van der Waals surface area contributed by atoms with Gasteiger partial charge in [0, 0.05) is 0 Å². The molecule has 3 heteroatoms. The zero-order chi connectivity index (χ0) is 7.98. The van der Waals surface area contributed by atoms with Crippen molar-refractivity contribution in [3.63, 3.8) is 0 Å². The van der Waals surface area contributed by atoms with Gasteiger partial charge in [-0.2, -0.15) is 0 Å². The summed E-state index contributed by atoms with van der Waals surface area (Å²) < 4.78 is 0. The third kappa shape index (κ3) is 2.90. The van der Waals surface area contributed by atoms with E-state index < -0.39 is 0 Å². The minimum absolute atomic E-state index is 0.674. The largest absolute Gasteiger partial charge is 0.323 e. The predicted molar refractivity (Wildman–Crippen MR) is 45.3 cm³/mol. The highest BCUT2D eigenvalue weighted by Gasteiger charge is 1.95. The van der Waals surface area contributed by atoms with Gasteiger partial charge in [0.1, 0.15) is 0 Å². The Labute approximate surface area is 66.7 Å². The maximum absolute atomic E-state index is 5.80. The smallest absolute Gasteiger partial charge is 0.0625 e. The molecule has 0 atom stereocenters. The first-order chi connectivity index (χ1) is 4.76. The van der Waals surface area contributed by atoms with E-state index in [9.17, 15) is 0 Å². The van der Waals surface area contributed by atoms with E-state index in [2.05, 4.69) is 5.43 Å². The van der Waals surface area contributed by atoms with Gasteiger partial charge in [0.25, 0.3) is 0 Å². The SMILES string of the molecule is C/C=C(NN)\C(Cl)=C/CC. The van der Waals surface area contributed by atoms with Crippen LogP contribution < -0.4 is 11.3 Å². The molecule has 0 unspecified atom stereocenters. The fraction of sp³-hybridized carbons (Fsp3) is 0.429. The molecule has 0 aliphatic carbocycles. The fourth-order valence-corrected chi connectivity index (χ4v) is 0.897. The summed E-state index contributed by atoms with van der Waals surface area (Å²) in [5.41, 5.74) is 3.26. The summed E-state index contributed by atoms with van der Waals surface area (Å²) in [6, 6.07) is 0. The summed E-state index contributed by atoms with van der Waals surface area (Å²) in [6.07, 6.45) is 4.64. The molecule has 0 heterocycles. The quantitative estimate of drug-likeness (QED) is 0.376. The number of hydrogen-bond donors (Lipinski definition) is 2. The van der Waals surface area contributed by atoms with Crippen LogP contribution in [-0.2, 0) is 0 Å². The Morgan fingerprint density at radius 3 is 2.60 bits per heavy atom. The second-order valence-electron chi connectivity index (χ2n) is 1.81. The number of hydrazine groups is 1. The van der Waals surface area contributed by atoms with E-state index in [1.165, 1.54) is 0 Å². The first-order valence-electron chi connectivity index (χ1n) is 3.25. The molecule has 2 nitrogen and oxygen atoms in total. The molecule has 0 aliphatic heterocycles. The highest BCUT2D eigenvalue weighted by atomic mass is 35.5. The van der Waals surface area contributed by atoms with Crippen LogP contribution >= 0.6 is 11.6 Å². The van der Waals surface area contributed by atoms with E-state index in [0.29, 0.717) is 5.03 Å². The number of nitrogens with one attached hydrogen (secondary N) is 1. The molecule has 3 N–H and O–H groups in total. The van der Waals surface area contributed by atoms with E-state index >= 15 is 0 Å². The molecule has 0 radical (unpaired) electrons. The molecular formula is C7H13ClN2. The molecule has 0 saturated heterocycles. The van der Waals surface area contributed by atoms with Crippen LogP contribution in [-0.4, -0.2) is 0 Å². The van der Waals surface area contributed by atoms with Crippen LogP contribution in [0.5, 0.6) is 0 Å². The Kier molecular flexibility index (Phi) is 5.08. The van der Waals surface area contributed by atoms with Crippen molar-refractivity contribution in [1.82, 2.24) is 5.43 Å². The molecule has 0 amide bonds. The number of rotatable bonds is 3. The van der Waals surface area contributed by atoms with Crippen LogP contribution in [0.25, 0.3) is 0 Å². The molecule has 10 heavy (non-hydrogen) atoms. The lowest BCUT2D eigenvalue weighted by atomic mass is 10.3. The van der Waals surface area contributed by atoms with Crippen LogP contribution in [0.15, 0.2) is 22.9 Å². The topological polar surface area (TPSA) is 38.0 Å². The molecule has 0 rings (SSSR count). The summed E-state index contributed by atoms with van der Waals surface area (Å²) in [4.78, 5) is 0. The van der Waals surface area contributed by atoms with Gasteiger partial charge in [-0.05, 0) is 13.3 Å². The first-order valence-corrected chi connectivity index (χ1v) is 3.63. The van der Waals surface area contributed by atoms with Gasteiger partial charge in [-0.15, -0.1) is 0 Å². The van der Waals surface area contributed by atoms with Crippen molar-refractivity contribution < 1.29 is 0 Å². The molecule has 0 aromatic heterocycles. The maximum Gasteiger partial charge on any atom is 0.0625 e. The van der Waals surface area contributed by atoms with Crippen molar-refractivity contribution in [2.24, 2.45) is 5.84 Å². The summed E-state index contributed by atoms with van der Waals surface area (Å²) >= 11 is 5.80. The highest BCUT2D eigenvalue weighted by molar-refractivity contribution is 6.31. The van der Waals surface area contributed by atoms with Crippen molar-refractivity contribution in [3.8, 4) is 0 Å². The van der Waals surface area contributed by atoms with Crippen LogP contribution in [0.1, 0.15) is 20.3 Å². The molecule has 0 bridgehead atoms. The molecule has 0 aromatic rings. The summed E-state index contributed by atoms with van der Waals surface area (Å²) in [5, 5.41) is 0.674. The van der Waals surface area contributed by atoms with Crippen LogP contribution in [0.2, 0.25) is 0 Å². The number of halogens is 1. The van der Waals surface area contributed by atoms with Crippen molar-refractivity contribution in [2.75, 3.05) is 0 Å². The summed E-state index contributed by atoms with van der Waals surface area (Å²) in [7, 11) is 0. The fourth-order valence-electron chi connectivity index (χ4n) is 0.579. The zero-order valence-corrected chi connectivity index (χ0v) is 7.07. The van der Waals surface area contributed by atoms with E-state index in [0.717, 1.165) is 12.1 Å². The second kappa shape index (κ2) is 5.33. The highest BCUT2D eigenvalue weighted by Crippen LogP contribution is 2.10. The third-order valence-electron chi connectivity index (χ3n) is 1.08. The molecular weight excluding hydrogens is 148 g/mol. The van der Waals surface area contributed by atoms with Gasteiger partial charge in [0.2, 0.25) is 0 Å². The Bertz CT molecular complexity index is 150. The molecule has 0 saturated carbocycles. The lowest BCUT2D eigenvalue weighted by molar-refractivity contribution is 0.905. The minimum Gasteiger partial charge on any atom is -0.323 e. The van der Waals surface area contributed by atoms with Gasteiger partial charge in [-0.25, -0.2) is 0 Å². The molecule has 58 valence electrons. The summed E-state index contributed by atoms with van der Waals surface area (Å²) in [6.45, 7) is 3.90. The molecule has 0 aromatic carbocycles. The van der Waals surface area contributed by atoms with Gasteiger partial charge in [-0.1, -0.05) is 30.7 Å². The van der Waals surface area contributed by atoms with Gasteiger partial charge in [-0.3, -0.25) is 5.84 Å². The monoisotopic (exact) mass is 160 g/mol. The van der Waals surface area contributed by atoms with Crippen molar-refractivity contribution in [3.05, 3.63) is 22.9 Å². The normalized spacial score (nSPS) is 13.6. The van der Waals surface area contributed by atoms with Gasteiger partial charge in [0.15, 0.2) is 0 Å². The van der Waals surface area contributed by atoms with E-state index in [4.69, 9.17) is 17.4 Å². The third-order valence-corrected chi connectivity index (χ3v) is 1.44. The van der Waals surface area contributed by atoms with Crippen molar-refractivity contribution in [2.45, 2.75) is 20.3 Å². The maximum atomic E-state index is 5.80. The van der Waals surface area contributed by atoms with Crippen LogP contribution in [0, 0.1) is 0 Å². The lowest BCUT2D eigenvalue weighted by Gasteiger charge is -2.02. The second-order valence-corrected chi connectivity index (χ2v) is 2.21. The Morgan fingerprint density at radius 1 is 1.70 bits per heavy atom. The standard InChI is InChI=1S/C7H13ClN2/c1-3-5-6(8)7(4-2)10-9/h4-5,10H,3,9H2,1-2H3/b6-5+,7-4+. The number of hydrogen-bond acceptors (Lipinski definition) is 2. The minimum atomic E-state index is 0.674. The molecule has 0 aliphatic rings. The zero-order valence-electron chi connectivity index (χ0n) is 6.32. The number of allylic oxidation sites excluding steroid dienone is 3. The number of nitrogens with two attached hydrogens (primary N) is 1. The van der Waals surface area contributed by atoms with Crippen molar-refractivity contribution in [1.29, 1.82) is 0 Å². The van der Waals surface area contributed by atoms with Gasteiger partial charge < -0.3 is 5.43 Å². The Morgan fingerprint density at radius 2 is 2.30 bits per heavy atom. The van der Waals surface area contributed by atoms with Gasteiger partial charge in [0.05, 0.1) is 10.7 Å². The Hall–Kier alpha value is -0.470.